The quantitative estimate of drug-likeness (QED) is 0.228. The van der Waals surface area contributed by atoms with Crippen LogP contribution in [-0.4, -0.2) is 50.0 Å². The molecule has 1 aromatic carbocycles. The lowest BCUT2D eigenvalue weighted by Crippen LogP contribution is -2.25. The second-order valence-electron chi connectivity index (χ2n) is 4.80. The molecule has 0 aliphatic rings. The first-order valence-corrected chi connectivity index (χ1v) is 11.4. The second kappa shape index (κ2) is 10.3. The third-order valence-electron chi connectivity index (χ3n) is 2.71. The molecular formula is C13H22N2O7S3. The molecule has 0 spiro atoms. The van der Waals surface area contributed by atoms with Crippen LogP contribution in [0.15, 0.2) is 28.0 Å². The summed E-state index contributed by atoms with van der Waals surface area (Å²) >= 11 is 0.692. The number of sulfonamides is 2. The summed E-state index contributed by atoms with van der Waals surface area (Å²) in [5, 5.41) is 0. The minimum absolute atomic E-state index is 0.0230. The van der Waals surface area contributed by atoms with Gasteiger partial charge in [0.1, 0.15) is 0 Å². The van der Waals surface area contributed by atoms with Gasteiger partial charge in [-0.25, -0.2) is 26.4 Å². The zero-order valence-electron chi connectivity index (χ0n) is 14.1. The topological polar surface area (TPSA) is 120 Å². The van der Waals surface area contributed by atoms with E-state index in [2.05, 4.69) is 14.3 Å². The van der Waals surface area contributed by atoms with Crippen molar-refractivity contribution in [1.29, 1.82) is 0 Å². The zero-order chi connectivity index (χ0) is 18.9. The molecule has 0 unspecified atom stereocenters. The zero-order valence-corrected chi connectivity index (χ0v) is 16.6. The highest BCUT2D eigenvalue weighted by atomic mass is 32.2. The van der Waals surface area contributed by atoms with Crippen LogP contribution in [0.2, 0.25) is 0 Å². The molecule has 0 saturated heterocycles. The van der Waals surface area contributed by atoms with E-state index in [1.165, 1.54) is 25.3 Å². The molecule has 0 atom stereocenters. The van der Waals surface area contributed by atoms with E-state index < -0.39 is 20.0 Å². The van der Waals surface area contributed by atoms with Gasteiger partial charge in [-0.15, -0.1) is 0 Å². The lowest BCUT2D eigenvalue weighted by atomic mass is 10.3. The third-order valence-corrected chi connectivity index (χ3v) is 5.48. The van der Waals surface area contributed by atoms with Gasteiger partial charge < -0.3 is 4.74 Å². The molecule has 144 valence electrons. The molecule has 0 aromatic heterocycles. The Balaban J connectivity index is 2.95. The highest BCUT2D eigenvalue weighted by Crippen LogP contribution is 2.31. The SMILES string of the molecule is CCOCCCNS(=O)(=O)c1ccc(NS(C)(=O)=O)c(SOOC)c1. The smallest absolute Gasteiger partial charge is 0.240 e. The lowest BCUT2D eigenvalue weighted by molar-refractivity contribution is -0.160. The van der Waals surface area contributed by atoms with Gasteiger partial charge in [-0.2, -0.15) is 4.33 Å². The number of hydrogen-bond donors (Lipinski definition) is 2. The van der Waals surface area contributed by atoms with Crippen molar-refractivity contribution >= 4 is 37.8 Å². The van der Waals surface area contributed by atoms with Crippen LogP contribution in [0.25, 0.3) is 0 Å². The van der Waals surface area contributed by atoms with Gasteiger partial charge in [-0.1, -0.05) is 0 Å². The predicted molar refractivity (Wildman–Crippen MR) is 95.2 cm³/mol. The highest BCUT2D eigenvalue weighted by Gasteiger charge is 2.18. The molecule has 2 N–H and O–H groups in total. The molecule has 1 rings (SSSR count). The first kappa shape index (κ1) is 22.2. The highest BCUT2D eigenvalue weighted by molar-refractivity contribution is 7.95. The van der Waals surface area contributed by atoms with E-state index in [0.29, 0.717) is 31.7 Å². The van der Waals surface area contributed by atoms with Crippen molar-refractivity contribution in [3.63, 3.8) is 0 Å². The molecule has 0 radical (unpaired) electrons. The molecule has 0 saturated carbocycles. The van der Waals surface area contributed by atoms with Crippen molar-refractivity contribution in [3.8, 4) is 0 Å². The fourth-order valence-corrected chi connectivity index (χ4v) is 4.04. The van der Waals surface area contributed by atoms with E-state index in [1.807, 2.05) is 6.92 Å². The first-order valence-electron chi connectivity index (χ1n) is 7.26. The van der Waals surface area contributed by atoms with Crippen LogP contribution >= 0.6 is 12.0 Å². The summed E-state index contributed by atoms with van der Waals surface area (Å²) in [4.78, 5) is 4.68. The molecule has 0 heterocycles. The van der Waals surface area contributed by atoms with E-state index in [1.54, 1.807) is 0 Å². The largest absolute Gasteiger partial charge is 0.382 e. The summed E-state index contributed by atoms with van der Waals surface area (Å²) in [6, 6.07) is 3.94. The Morgan fingerprint density at radius 3 is 2.52 bits per heavy atom. The monoisotopic (exact) mass is 414 g/mol. The van der Waals surface area contributed by atoms with Crippen LogP contribution in [0.5, 0.6) is 0 Å². The summed E-state index contributed by atoms with van der Waals surface area (Å²) in [7, 11) is -6.01. The van der Waals surface area contributed by atoms with Gasteiger partial charge >= 0.3 is 0 Å². The van der Waals surface area contributed by atoms with Crippen LogP contribution in [-0.2, 0) is 34.0 Å². The Labute approximate surface area is 152 Å². The van der Waals surface area contributed by atoms with E-state index >= 15 is 0 Å². The van der Waals surface area contributed by atoms with Crippen LogP contribution in [0.1, 0.15) is 13.3 Å². The summed E-state index contributed by atoms with van der Waals surface area (Å²) < 4.78 is 62.0. The van der Waals surface area contributed by atoms with Crippen molar-refractivity contribution in [1.82, 2.24) is 4.72 Å². The molecule has 9 nitrogen and oxygen atoms in total. The lowest BCUT2D eigenvalue weighted by Gasteiger charge is -2.12. The van der Waals surface area contributed by atoms with Gasteiger partial charge in [0.2, 0.25) is 20.0 Å². The standard InChI is InChI=1S/C13H22N2O7S3/c1-4-21-9-5-8-14-25(18,19)11-6-7-12(15-24(3,16)17)13(10-11)23-22-20-2/h6-7,10,14-15H,4-5,8-9H2,1-3H3. The number of nitrogens with one attached hydrogen (secondary N) is 2. The molecule has 0 amide bonds. The molecule has 0 fully saturated rings. The predicted octanol–water partition coefficient (Wildman–Crippen LogP) is 1.35. The number of benzene rings is 1. The van der Waals surface area contributed by atoms with Gasteiger partial charge in [0.15, 0.2) is 0 Å². The molecular weight excluding hydrogens is 392 g/mol. The van der Waals surface area contributed by atoms with E-state index in [0.717, 1.165) is 6.26 Å². The van der Waals surface area contributed by atoms with E-state index in [-0.39, 0.29) is 22.0 Å². The molecule has 25 heavy (non-hydrogen) atoms. The van der Waals surface area contributed by atoms with Crippen molar-refractivity contribution in [2.75, 3.05) is 37.8 Å². The Hall–Kier alpha value is -0.890. The van der Waals surface area contributed by atoms with Crippen LogP contribution < -0.4 is 9.44 Å². The maximum absolute atomic E-state index is 12.3. The van der Waals surface area contributed by atoms with Crippen LogP contribution in [0.4, 0.5) is 5.69 Å². The normalized spacial score (nSPS) is 12.3. The summed E-state index contributed by atoms with van der Waals surface area (Å²) in [5.74, 6) is 0. The number of hydrogen-bond acceptors (Lipinski definition) is 8. The van der Waals surface area contributed by atoms with Gasteiger partial charge in [-0.3, -0.25) is 4.72 Å². The molecule has 0 aliphatic heterocycles. The van der Waals surface area contributed by atoms with Crippen molar-refractivity contribution < 1.29 is 30.8 Å². The van der Waals surface area contributed by atoms with Crippen molar-refractivity contribution in [3.05, 3.63) is 18.2 Å². The maximum atomic E-state index is 12.3. The molecule has 0 aliphatic carbocycles. The fourth-order valence-electron chi connectivity index (χ4n) is 1.70. The minimum atomic E-state index is -3.75. The average Bonchev–Trinajstić information content (AvgIpc) is 2.52. The summed E-state index contributed by atoms with van der Waals surface area (Å²) in [6.45, 7) is 3.11. The van der Waals surface area contributed by atoms with Gasteiger partial charge in [0, 0.05) is 19.8 Å². The Morgan fingerprint density at radius 2 is 1.92 bits per heavy atom. The van der Waals surface area contributed by atoms with Crippen LogP contribution in [0.3, 0.4) is 0 Å². The number of rotatable bonds is 12. The fraction of sp³-hybridized carbons (Fsp3) is 0.538. The van der Waals surface area contributed by atoms with E-state index in [4.69, 9.17) is 9.07 Å². The Kier molecular flexibility index (Phi) is 9.13. The summed E-state index contributed by atoms with van der Waals surface area (Å²) in [5.41, 5.74) is 0.180. The van der Waals surface area contributed by atoms with Crippen LogP contribution in [0, 0.1) is 0 Å². The van der Waals surface area contributed by atoms with E-state index in [9.17, 15) is 16.8 Å². The third kappa shape index (κ3) is 8.35. The van der Waals surface area contributed by atoms with Gasteiger partial charge in [-0.05, 0) is 31.5 Å². The van der Waals surface area contributed by atoms with Crippen molar-refractivity contribution in [2.24, 2.45) is 0 Å². The second-order valence-corrected chi connectivity index (χ2v) is 9.06. The number of ether oxygens (including phenoxy) is 1. The van der Waals surface area contributed by atoms with Gasteiger partial charge in [0.25, 0.3) is 0 Å². The summed E-state index contributed by atoms with van der Waals surface area (Å²) in [6.07, 6.45) is 1.53. The Morgan fingerprint density at radius 1 is 1.20 bits per heavy atom. The maximum Gasteiger partial charge on any atom is 0.240 e. The minimum Gasteiger partial charge on any atom is -0.382 e. The molecule has 0 bridgehead atoms. The first-order chi connectivity index (χ1) is 11.7. The molecule has 12 heteroatoms. The molecule has 1 aromatic rings. The van der Waals surface area contributed by atoms with Gasteiger partial charge in [0.05, 0.1) is 40.9 Å². The number of anilines is 1. The Bertz CT molecular complexity index is 751. The van der Waals surface area contributed by atoms with Crippen molar-refractivity contribution in [2.45, 2.75) is 23.1 Å². The average molecular weight is 415 g/mol.